The van der Waals surface area contributed by atoms with E-state index in [-0.39, 0.29) is 16.9 Å². The number of halogens is 2. The summed E-state index contributed by atoms with van der Waals surface area (Å²) in [4.78, 5) is 13.0. The van der Waals surface area contributed by atoms with Gasteiger partial charge in [0.15, 0.2) is 0 Å². The number of sulfonamides is 1. The Morgan fingerprint density at radius 1 is 1.24 bits per heavy atom. The van der Waals surface area contributed by atoms with Crippen LogP contribution in [0.25, 0.3) is 0 Å². The number of carbonyl (C=O) groups is 1. The fourth-order valence-corrected chi connectivity index (χ4v) is 2.87. The molecule has 0 aliphatic carbocycles. The maximum Gasteiger partial charge on any atom is 0.339 e. The van der Waals surface area contributed by atoms with Crippen LogP contribution < -0.4 is 4.72 Å². The number of aromatic carboxylic acids is 1. The summed E-state index contributed by atoms with van der Waals surface area (Å²) in [5, 5.41) is 9.02. The second-order valence-electron chi connectivity index (χ2n) is 4.22. The van der Waals surface area contributed by atoms with Gasteiger partial charge in [-0.15, -0.1) is 0 Å². The van der Waals surface area contributed by atoms with Crippen LogP contribution in [0.3, 0.4) is 0 Å². The zero-order valence-electron chi connectivity index (χ0n) is 10.6. The average Bonchev–Trinajstić information content (AvgIpc) is 2.68. The summed E-state index contributed by atoms with van der Waals surface area (Å²) < 4.78 is 52.2. The van der Waals surface area contributed by atoms with E-state index >= 15 is 0 Å². The molecule has 1 aromatic heterocycles. The number of hydrogen-bond donors (Lipinski definition) is 3. The first-order valence-electron chi connectivity index (χ1n) is 5.61. The minimum atomic E-state index is -4.31. The van der Waals surface area contributed by atoms with Crippen molar-refractivity contribution in [2.75, 3.05) is 4.72 Å². The predicted octanol–water partition coefficient (Wildman–Crippen LogP) is 2.10. The molecule has 1 heterocycles. The third kappa shape index (κ3) is 3.02. The van der Waals surface area contributed by atoms with Crippen LogP contribution in [0.4, 0.5) is 14.5 Å². The van der Waals surface area contributed by atoms with Gasteiger partial charge in [-0.2, -0.15) is 0 Å². The lowest BCUT2D eigenvalue weighted by atomic mass is 10.2. The molecule has 0 fully saturated rings. The third-order valence-corrected chi connectivity index (χ3v) is 4.03. The number of anilines is 1. The quantitative estimate of drug-likeness (QED) is 0.804. The molecule has 0 aliphatic heterocycles. The number of aromatic amines is 1. The molecule has 2 rings (SSSR count). The van der Waals surface area contributed by atoms with E-state index in [1.807, 2.05) is 4.72 Å². The van der Waals surface area contributed by atoms with Crippen molar-refractivity contribution in [2.45, 2.75) is 11.8 Å². The Morgan fingerprint density at radius 2 is 1.81 bits per heavy atom. The van der Waals surface area contributed by atoms with Gasteiger partial charge in [0.1, 0.15) is 17.2 Å². The molecule has 0 saturated carbocycles. The topological polar surface area (TPSA) is 99.3 Å². The third-order valence-electron chi connectivity index (χ3n) is 2.68. The van der Waals surface area contributed by atoms with Crippen LogP contribution in [-0.2, 0) is 10.0 Å². The van der Waals surface area contributed by atoms with Gasteiger partial charge in [-0.1, -0.05) is 0 Å². The lowest BCUT2D eigenvalue weighted by molar-refractivity contribution is 0.0697. The van der Waals surface area contributed by atoms with Gasteiger partial charge >= 0.3 is 5.97 Å². The Morgan fingerprint density at radius 3 is 2.33 bits per heavy atom. The predicted molar refractivity (Wildman–Crippen MR) is 69.7 cm³/mol. The first-order valence-corrected chi connectivity index (χ1v) is 7.09. The molecule has 0 bridgehead atoms. The molecule has 0 amide bonds. The first-order chi connectivity index (χ1) is 9.70. The van der Waals surface area contributed by atoms with Crippen molar-refractivity contribution in [3.63, 3.8) is 0 Å². The SMILES string of the molecule is Cc1[nH]cc(NS(=O)(=O)c2cc(F)cc(F)c2)c1C(=O)O. The minimum Gasteiger partial charge on any atom is -0.478 e. The largest absolute Gasteiger partial charge is 0.478 e. The van der Waals surface area contributed by atoms with Crippen LogP contribution in [0, 0.1) is 18.6 Å². The number of hydrogen-bond acceptors (Lipinski definition) is 3. The van der Waals surface area contributed by atoms with E-state index in [4.69, 9.17) is 5.11 Å². The Balaban J connectivity index is 2.45. The molecule has 0 radical (unpaired) electrons. The smallest absolute Gasteiger partial charge is 0.339 e. The minimum absolute atomic E-state index is 0.218. The lowest BCUT2D eigenvalue weighted by Gasteiger charge is -2.08. The van der Waals surface area contributed by atoms with Crippen LogP contribution in [0.5, 0.6) is 0 Å². The Labute approximate surface area is 118 Å². The van der Waals surface area contributed by atoms with Crippen LogP contribution in [-0.4, -0.2) is 24.5 Å². The fraction of sp³-hybridized carbons (Fsp3) is 0.0833. The van der Waals surface area contributed by atoms with Crippen molar-refractivity contribution in [2.24, 2.45) is 0 Å². The number of nitrogens with one attached hydrogen (secondary N) is 2. The number of carboxylic acids is 1. The van der Waals surface area contributed by atoms with E-state index < -0.39 is 32.5 Å². The highest BCUT2D eigenvalue weighted by Crippen LogP contribution is 2.23. The summed E-state index contributed by atoms with van der Waals surface area (Å²) in [6.45, 7) is 1.45. The lowest BCUT2D eigenvalue weighted by Crippen LogP contribution is -2.15. The Hall–Kier alpha value is -2.42. The second kappa shape index (κ2) is 5.17. The van der Waals surface area contributed by atoms with E-state index in [1.54, 1.807) is 0 Å². The van der Waals surface area contributed by atoms with Gasteiger partial charge in [0.2, 0.25) is 0 Å². The molecular weight excluding hydrogens is 306 g/mol. The van der Waals surface area contributed by atoms with Crippen LogP contribution >= 0.6 is 0 Å². The Bertz CT molecular complexity index is 794. The van der Waals surface area contributed by atoms with Crippen LogP contribution in [0.15, 0.2) is 29.3 Å². The summed E-state index contributed by atoms with van der Waals surface area (Å²) in [5.41, 5.74) is -0.245. The van der Waals surface area contributed by atoms with Crippen LogP contribution in [0.2, 0.25) is 0 Å². The maximum atomic E-state index is 13.1. The van der Waals surface area contributed by atoms with Gasteiger partial charge in [-0.05, 0) is 19.1 Å². The number of aryl methyl sites for hydroxylation is 1. The molecular formula is C12H10F2N2O4S. The standard InChI is InChI=1S/C12H10F2N2O4S/c1-6-11(12(17)18)10(5-15-6)16-21(19,20)9-3-7(13)2-8(14)4-9/h2-5,15-16H,1H3,(H,17,18). The molecule has 0 unspecified atom stereocenters. The van der Waals surface area contributed by atoms with Gasteiger partial charge in [0, 0.05) is 18.0 Å². The summed E-state index contributed by atoms with van der Waals surface area (Å²) in [5.74, 6) is -3.45. The van der Waals surface area contributed by atoms with Crippen molar-refractivity contribution < 1.29 is 27.1 Å². The van der Waals surface area contributed by atoms with E-state index in [2.05, 4.69) is 4.98 Å². The van der Waals surface area contributed by atoms with Gasteiger partial charge in [-0.25, -0.2) is 22.0 Å². The number of rotatable bonds is 4. The zero-order valence-corrected chi connectivity index (χ0v) is 11.5. The highest BCUT2D eigenvalue weighted by Gasteiger charge is 2.22. The summed E-state index contributed by atoms with van der Waals surface area (Å²) in [6, 6.07) is 1.79. The zero-order chi connectivity index (χ0) is 15.8. The normalized spacial score (nSPS) is 11.4. The van der Waals surface area contributed by atoms with Gasteiger partial charge in [-0.3, -0.25) is 4.72 Å². The van der Waals surface area contributed by atoms with Gasteiger partial charge < -0.3 is 10.1 Å². The van der Waals surface area contributed by atoms with Crippen molar-refractivity contribution >= 4 is 21.7 Å². The first kappa shape index (κ1) is 15.0. The summed E-state index contributed by atoms with van der Waals surface area (Å²) >= 11 is 0. The summed E-state index contributed by atoms with van der Waals surface area (Å²) in [7, 11) is -4.31. The molecule has 9 heteroatoms. The van der Waals surface area contributed by atoms with Gasteiger partial charge in [0.05, 0.1) is 10.6 Å². The number of aromatic nitrogens is 1. The molecule has 1 aromatic carbocycles. The second-order valence-corrected chi connectivity index (χ2v) is 5.90. The van der Waals surface area contributed by atoms with Gasteiger partial charge in [0.25, 0.3) is 10.0 Å². The van der Waals surface area contributed by atoms with E-state index in [9.17, 15) is 22.0 Å². The highest BCUT2D eigenvalue weighted by molar-refractivity contribution is 7.92. The summed E-state index contributed by atoms with van der Waals surface area (Å²) in [6.07, 6.45) is 1.14. The fourth-order valence-electron chi connectivity index (χ4n) is 1.77. The van der Waals surface area contributed by atoms with E-state index in [0.29, 0.717) is 18.2 Å². The molecule has 0 spiro atoms. The highest BCUT2D eigenvalue weighted by atomic mass is 32.2. The number of carboxylic acid groups (broad SMARTS) is 1. The van der Waals surface area contributed by atoms with E-state index in [1.165, 1.54) is 6.92 Å². The van der Waals surface area contributed by atoms with Crippen LogP contribution in [0.1, 0.15) is 16.1 Å². The number of H-pyrrole nitrogens is 1. The monoisotopic (exact) mass is 316 g/mol. The van der Waals surface area contributed by atoms with Crippen molar-refractivity contribution in [1.82, 2.24) is 4.98 Å². The molecule has 0 aliphatic rings. The number of benzene rings is 1. The van der Waals surface area contributed by atoms with Crippen molar-refractivity contribution in [3.8, 4) is 0 Å². The van der Waals surface area contributed by atoms with Crippen molar-refractivity contribution in [3.05, 3.63) is 47.3 Å². The molecule has 112 valence electrons. The van der Waals surface area contributed by atoms with Crippen molar-refractivity contribution in [1.29, 1.82) is 0 Å². The Kier molecular flexibility index (Phi) is 3.69. The maximum absolute atomic E-state index is 13.1. The molecule has 2 aromatic rings. The average molecular weight is 316 g/mol. The molecule has 0 atom stereocenters. The molecule has 0 saturated heterocycles. The molecule has 21 heavy (non-hydrogen) atoms. The van der Waals surface area contributed by atoms with E-state index in [0.717, 1.165) is 6.20 Å². The molecule has 3 N–H and O–H groups in total. The molecule has 6 nitrogen and oxygen atoms in total.